The van der Waals surface area contributed by atoms with E-state index in [9.17, 15) is 4.79 Å². The minimum atomic E-state index is -0.221. The second-order valence-electron chi connectivity index (χ2n) is 8.82. The van der Waals surface area contributed by atoms with Gasteiger partial charge in [0, 0.05) is 29.9 Å². The average Bonchev–Trinajstić information content (AvgIpc) is 3.42. The van der Waals surface area contributed by atoms with Gasteiger partial charge in [0.05, 0.1) is 11.6 Å². The van der Waals surface area contributed by atoms with Crippen LogP contribution in [0.1, 0.15) is 46.6 Å². The molecule has 0 bridgehead atoms. The number of anilines is 1. The highest BCUT2D eigenvalue weighted by Gasteiger charge is 2.43. The van der Waals surface area contributed by atoms with E-state index >= 15 is 0 Å². The van der Waals surface area contributed by atoms with Crippen LogP contribution in [0.4, 0.5) is 5.69 Å². The first kappa shape index (κ1) is 19.2. The van der Waals surface area contributed by atoms with Crippen molar-refractivity contribution in [1.82, 2.24) is 4.90 Å². The van der Waals surface area contributed by atoms with Crippen LogP contribution in [0.5, 0.6) is 0 Å². The van der Waals surface area contributed by atoms with Gasteiger partial charge in [-0.25, -0.2) is 0 Å². The van der Waals surface area contributed by atoms with E-state index in [1.165, 1.54) is 24.0 Å². The molecule has 3 aliphatic rings. The number of nitrogens with zero attached hydrogens (tertiary/aromatic N) is 3. The Morgan fingerprint density at radius 3 is 2.70 bits per heavy atom. The summed E-state index contributed by atoms with van der Waals surface area (Å²) >= 11 is 0. The lowest BCUT2D eigenvalue weighted by Gasteiger charge is -2.18. The average molecular weight is 401 g/mol. The van der Waals surface area contributed by atoms with Crippen LogP contribution in [-0.2, 0) is 11.2 Å². The van der Waals surface area contributed by atoms with Crippen molar-refractivity contribution in [2.45, 2.75) is 39.0 Å². The van der Waals surface area contributed by atoms with E-state index in [0.717, 1.165) is 54.1 Å². The predicted molar refractivity (Wildman–Crippen MR) is 122 cm³/mol. The highest BCUT2D eigenvalue weighted by atomic mass is 16.2. The van der Waals surface area contributed by atoms with Crippen LogP contribution in [0, 0.1) is 19.8 Å². The summed E-state index contributed by atoms with van der Waals surface area (Å²) in [5, 5.41) is 12.2. The third-order valence-electron chi connectivity index (χ3n) is 6.60. The number of aryl methyl sites for hydroxylation is 2. The SMILES string of the molecule is Cc1ccc2c(c1)NC(=O)C2C1Cc2ccc(C)cc2/C1=N/N=C\CN1CCCC1. The third-order valence-corrected chi connectivity index (χ3v) is 6.60. The van der Waals surface area contributed by atoms with Crippen molar-refractivity contribution in [3.05, 3.63) is 64.2 Å². The minimum absolute atomic E-state index is 0.00897. The molecule has 2 atom stereocenters. The first-order chi connectivity index (χ1) is 14.6. The van der Waals surface area contributed by atoms with Crippen LogP contribution in [0.15, 0.2) is 46.6 Å². The van der Waals surface area contributed by atoms with Crippen molar-refractivity contribution in [2.24, 2.45) is 16.1 Å². The van der Waals surface area contributed by atoms with E-state index in [1.54, 1.807) is 0 Å². The quantitative estimate of drug-likeness (QED) is 0.621. The zero-order valence-electron chi connectivity index (χ0n) is 17.7. The second-order valence-corrected chi connectivity index (χ2v) is 8.82. The Hall–Kier alpha value is -2.79. The van der Waals surface area contributed by atoms with Gasteiger partial charge in [0.15, 0.2) is 0 Å². The monoisotopic (exact) mass is 400 g/mol. The van der Waals surface area contributed by atoms with E-state index < -0.39 is 0 Å². The van der Waals surface area contributed by atoms with Crippen LogP contribution in [0.3, 0.4) is 0 Å². The van der Waals surface area contributed by atoms with Gasteiger partial charge in [-0.15, -0.1) is 0 Å². The first-order valence-corrected chi connectivity index (χ1v) is 10.9. The lowest BCUT2D eigenvalue weighted by Crippen LogP contribution is -2.25. The number of hydrogen-bond donors (Lipinski definition) is 1. The fourth-order valence-electron chi connectivity index (χ4n) is 5.06. The number of carbonyl (C=O) groups excluding carboxylic acids is 1. The Morgan fingerprint density at radius 2 is 1.87 bits per heavy atom. The molecule has 0 radical (unpaired) electrons. The lowest BCUT2D eigenvalue weighted by atomic mass is 9.83. The molecule has 0 aromatic heterocycles. The standard InChI is InChI=1S/C25H28N4O/c1-16-5-7-18-15-21(23-19-8-6-17(2)14-22(19)27-25(23)30)24(20(18)13-16)28-26-9-12-29-10-3-4-11-29/h5-9,13-14,21,23H,3-4,10-12,15H2,1-2H3,(H,27,30)/b26-9-,28-24-. The van der Waals surface area contributed by atoms with Gasteiger partial charge < -0.3 is 5.32 Å². The zero-order valence-corrected chi connectivity index (χ0v) is 17.7. The molecule has 1 N–H and O–H groups in total. The van der Waals surface area contributed by atoms with Crippen molar-refractivity contribution in [3.8, 4) is 0 Å². The molecule has 30 heavy (non-hydrogen) atoms. The first-order valence-electron chi connectivity index (χ1n) is 10.9. The van der Waals surface area contributed by atoms with Gasteiger partial charge in [-0.3, -0.25) is 9.69 Å². The smallest absolute Gasteiger partial charge is 0.232 e. The van der Waals surface area contributed by atoms with Crippen molar-refractivity contribution in [3.63, 3.8) is 0 Å². The second kappa shape index (κ2) is 7.80. The summed E-state index contributed by atoms with van der Waals surface area (Å²) in [5.41, 5.74) is 7.72. The topological polar surface area (TPSA) is 57.1 Å². The molecular weight excluding hydrogens is 372 g/mol. The van der Waals surface area contributed by atoms with Crippen molar-refractivity contribution in [2.75, 3.05) is 25.0 Å². The molecule has 2 heterocycles. The molecule has 1 aliphatic carbocycles. The molecule has 5 heteroatoms. The van der Waals surface area contributed by atoms with E-state index in [4.69, 9.17) is 5.10 Å². The van der Waals surface area contributed by atoms with Crippen LogP contribution in [0.25, 0.3) is 0 Å². The Bertz CT molecular complexity index is 1050. The number of nitrogens with one attached hydrogen (secondary N) is 1. The minimum Gasteiger partial charge on any atom is -0.325 e. The summed E-state index contributed by atoms with van der Waals surface area (Å²) < 4.78 is 0. The normalized spacial score (nSPS) is 24.6. The number of benzene rings is 2. The number of rotatable bonds is 4. The molecule has 154 valence electrons. The molecular formula is C25H28N4O. The maximum atomic E-state index is 13.0. The molecule has 1 amide bonds. The maximum Gasteiger partial charge on any atom is 0.232 e. The van der Waals surface area contributed by atoms with E-state index in [1.807, 2.05) is 6.21 Å². The van der Waals surface area contributed by atoms with Crippen LogP contribution in [-0.4, -0.2) is 42.4 Å². The van der Waals surface area contributed by atoms with Crippen molar-refractivity contribution >= 4 is 23.5 Å². The van der Waals surface area contributed by atoms with Crippen molar-refractivity contribution in [1.29, 1.82) is 0 Å². The van der Waals surface area contributed by atoms with Crippen LogP contribution >= 0.6 is 0 Å². The molecule has 5 nitrogen and oxygen atoms in total. The zero-order chi connectivity index (χ0) is 20.7. The molecule has 2 aliphatic heterocycles. The molecule has 2 aromatic rings. The Labute approximate surface area is 177 Å². The van der Waals surface area contributed by atoms with Gasteiger partial charge in [-0.05, 0) is 75.0 Å². The van der Waals surface area contributed by atoms with Crippen molar-refractivity contribution < 1.29 is 4.79 Å². The molecule has 0 saturated carbocycles. The largest absolute Gasteiger partial charge is 0.325 e. The summed E-state index contributed by atoms with van der Waals surface area (Å²) in [4.78, 5) is 15.4. The fraction of sp³-hybridized carbons (Fsp3) is 0.400. The Balaban J connectivity index is 1.48. The molecule has 2 unspecified atom stereocenters. The predicted octanol–water partition coefficient (Wildman–Crippen LogP) is 4.08. The third kappa shape index (κ3) is 3.47. The summed E-state index contributed by atoms with van der Waals surface area (Å²) in [6, 6.07) is 12.7. The van der Waals surface area contributed by atoms with Gasteiger partial charge in [0.25, 0.3) is 0 Å². The van der Waals surface area contributed by atoms with E-state index in [2.05, 4.69) is 65.6 Å². The number of fused-ring (bicyclic) bond motifs is 2. The van der Waals surface area contributed by atoms with Gasteiger partial charge >= 0.3 is 0 Å². The highest BCUT2D eigenvalue weighted by Crippen LogP contribution is 2.44. The Kier molecular flexibility index (Phi) is 4.99. The maximum absolute atomic E-state index is 13.0. The summed E-state index contributed by atoms with van der Waals surface area (Å²) in [7, 11) is 0. The molecule has 1 fully saturated rings. The number of amides is 1. The molecule has 0 spiro atoms. The summed E-state index contributed by atoms with van der Waals surface area (Å²) in [5.74, 6) is -0.144. The summed E-state index contributed by atoms with van der Waals surface area (Å²) in [6.45, 7) is 7.28. The fourth-order valence-corrected chi connectivity index (χ4v) is 5.06. The van der Waals surface area contributed by atoms with Gasteiger partial charge in [-0.2, -0.15) is 10.2 Å². The molecule has 5 rings (SSSR count). The van der Waals surface area contributed by atoms with Gasteiger partial charge in [-0.1, -0.05) is 29.8 Å². The molecule has 2 aromatic carbocycles. The Morgan fingerprint density at radius 1 is 1.10 bits per heavy atom. The highest BCUT2D eigenvalue weighted by molar-refractivity contribution is 6.13. The molecule has 1 saturated heterocycles. The van der Waals surface area contributed by atoms with E-state index in [0.29, 0.717) is 0 Å². The lowest BCUT2D eigenvalue weighted by molar-refractivity contribution is -0.117. The van der Waals surface area contributed by atoms with E-state index in [-0.39, 0.29) is 17.7 Å². The van der Waals surface area contributed by atoms with Crippen LogP contribution < -0.4 is 5.32 Å². The summed E-state index contributed by atoms with van der Waals surface area (Å²) in [6.07, 6.45) is 5.27. The van der Waals surface area contributed by atoms with Gasteiger partial charge in [0.1, 0.15) is 0 Å². The number of likely N-dealkylation sites (tertiary alicyclic amines) is 1. The van der Waals surface area contributed by atoms with Crippen LogP contribution in [0.2, 0.25) is 0 Å². The number of carbonyl (C=O) groups is 1. The number of hydrogen-bond acceptors (Lipinski definition) is 4. The van der Waals surface area contributed by atoms with Gasteiger partial charge in [0.2, 0.25) is 5.91 Å².